The maximum atomic E-state index is 14.3. The van der Waals surface area contributed by atoms with Crippen molar-refractivity contribution in [2.24, 2.45) is 28.4 Å². The Morgan fingerprint density at radius 2 is 1.73 bits per heavy atom. The number of sulfone groups is 1. The van der Waals surface area contributed by atoms with Crippen molar-refractivity contribution in [3.63, 3.8) is 0 Å². The fraction of sp³-hybridized carbons (Fsp3) is 0.676. The Hall–Kier alpha value is -3.68. The minimum atomic E-state index is -3.66. The predicted molar refractivity (Wildman–Crippen MR) is 176 cm³/mol. The first-order valence-corrected chi connectivity index (χ1v) is 18.7. The standard InChI is InChI=1S/C34H49N5O8S/c1-32(2,3)27(37-31(44)38-34(13-7-6-8-14-34)19-48(45,46)18-21-10-9-15-47-21)30(43)39-17-22-24(33(22,4)5)25(39)29(42)36-23(16-20-11-12-20)26(40)28(35)41/h9-10,15,20,22-23,27H,6-8,11-14,16-19H2,1-5H3,(H2,35,41)(H,36,42)(H2,37,38,44)/t22?,23?,27-/m1/s1. The van der Waals surface area contributed by atoms with Crippen molar-refractivity contribution in [2.45, 2.75) is 109 Å². The molecule has 0 bridgehead atoms. The van der Waals surface area contributed by atoms with Crippen LogP contribution in [0.15, 0.2) is 34.1 Å². The van der Waals surface area contributed by atoms with Crippen LogP contribution in [0.25, 0.3) is 0 Å². The first-order chi connectivity index (χ1) is 22.3. The van der Waals surface area contributed by atoms with Crippen molar-refractivity contribution in [1.29, 1.82) is 0 Å². The second-order valence-corrected chi connectivity index (χ2v) is 17.8. The monoisotopic (exact) mass is 687 g/mol. The van der Waals surface area contributed by atoms with Crippen LogP contribution in [-0.4, -0.2) is 72.8 Å². The summed E-state index contributed by atoms with van der Waals surface area (Å²) in [5.74, 6) is -3.23. The summed E-state index contributed by atoms with van der Waals surface area (Å²) in [6, 6.07) is 0.377. The van der Waals surface area contributed by atoms with E-state index < -0.39 is 62.4 Å². The van der Waals surface area contributed by atoms with Crippen LogP contribution >= 0.6 is 0 Å². The van der Waals surface area contributed by atoms with Crippen molar-refractivity contribution in [3.8, 4) is 0 Å². The van der Waals surface area contributed by atoms with E-state index in [1.54, 1.807) is 32.9 Å². The van der Waals surface area contributed by atoms with Gasteiger partial charge in [0, 0.05) is 12.5 Å². The Bertz CT molecular complexity index is 1600. The molecule has 264 valence electrons. The zero-order chi connectivity index (χ0) is 35.2. The van der Waals surface area contributed by atoms with Gasteiger partial charge in [-0.3, -0.25) is 19.2 Å². The van der Waals surface area contributed by atoms with Gasteiger partial charge < -0.3 is 31.0 Å². The molecule has 2 heterocycles. The number of carbonyl (C=O) groups is 5. The van der Waals surface area contributed by atoms with Gasteiger partial charge in [-0.15, -0.1) is 0 Å². The summed E-state index contributed by atoms with van der Waals surface area (Å²) >= 11 is 0. The number of nitrogens with one attached hydrogen (secondary N) is 3. The van der Waals surface area contributed by atoms with E-state index in [0.717, 1.165) is 37.7 Å². The van der Waals surface area contributed by atoms with Gasteiger partial charge in [0.25, 0.3) is 11.8 Å². The van der Waals surface area contributed by atoms with Crippen molar-refractivity contribution in [3.05, 3.63) is 35.4 Å². The lowest BCUT2D eigenvalue weighted by molar-refractivity contribution is -0.139. The lowest BCUT2D eigenvalue weighted by Crippen LogP contribution is -2.62. The average molecular weight is 688 g/mol. The van der Waals surface area contributed by atoms with Crippen LogP contribution in [0, 0.1) is 22.7 Å². The number of rotatable bonds is 13. The molecule has 1 aromatic heterocycles. The quantitative estimate of drug-likeness (QED) is 0.227. The van der Waals surface area contributed by atoms with Crippen molar-refractivity contribution < 1.29 is 36.8 Å². The molecule has 3 atom stereocenters. The number of hydrogen-bond donors (Lipinski definition) is 4. The van der Waals surface area contributed by atoms with E-state index in [2.05, 4.69) is 16.0 Å². The summed E-state index contributed by atoms with van der Waals surface area (Å²) in [6.45, 7) is 9.58. The Morgan fingerprint density at radius 3 is 2.29 bits per heavy atom. The molecule has 3 fully saturated rings. The lowest BCUT2D eigenvalue weighted by Gasteiger charge is -2.40. The first-order valence-electron chi connectivity index (χ1n) is 16.9. The average Bonchev–Trinajstić information content (AvgIpc) is 3.70. The van der Waals surface area contributed by atoms with E-state index in [9.17, 15) is 32.4 Å². The van der Waals surface area contributed by atoms with E-state index in [1.165, 1.54) is 11.2 Å². The minimum absolute atomic E-state index is 0.0738. The number of urea groups is 1. The number of Topliss-reactive ketones (excluding diaryl/α,β-unsaturated/α-hetero) is 1. The zero-order valence-corrected chi connectivity index (χ0v) is 29.3. The Labute approximate surface area is 282 Å². The molecule has 4 aliphatic rings. The van der Waals surface area contributed by atoms with Crippen molar-refractivity contribution in [1.82, 2.24) is 20.9 Å². The van der Waals surface area contributed by atoms with Crippen LogP contribution in [0.3, 0.4) is 0 Å². The number of hydrogen-bond acceptors (Lipinski definition) is 8. The summed E-state index contributed by atoms with van der Waals surface area (Å²) in [5.41, 5.74) is 4.06. The molecular formula is C34H49N5O8S. The number of carbonyl (C=O) groups excluding carboxylic acids is 5. The molecule has 1 aromatic rings. The highest BCUT2D eigenvalue weighted by molar-refractivity contribution is 7.90. The van der Waals surface area contributed by atoms with Crippen LogP contribution in [0.2, 0.25) is 0 Å². The summed E-state index contributed by atoms with van der Waals surface area (Å²) in [6.07, 6.45) is 6.85. The topological polar surface area (TPSA) is 198 Å². The summed E-state index contributed by atoms with van der Waals surface area (Å²) in [7, 11) is -3.66. The maximum Gasteiger partial charge on any atom is 0.315 e. The van der Waals surface area contributed by atoms with Gasteiger partial charge in [-0.2, -0.15) is 0 Å². The molecular weight excluding hydrogens is 638 g/mol. The molecule has 0 aromatic carbocycles. The summed E-state index contributed by atoms with van der Waals surface area (Å²) in [4.78, 5) is 67.7. The number of amides is 5. The minimum Gasteiger partial charge on any atom is -0.468 e. The summed E-state index contributed by atoms with van der Waals surface area (Å²) < 4.78 is 31.7. The molecule has 3 saturated carbocycles. The fourth-order valence-electron chi connectivity index (χ4n) is 7.44. The molecule has 0 saturated heterocycles. The second kappa shape index (κ2) is 13.0. The number of nitrogens with zero attached hydrogens (tertiary/aromatic N) is 1. The molecule has 0 spiro atoms. The third-order valence-corrected chi connectivity index (χ3v) is 12.1. The van der Waals surface area contributed by atoms with Gasteiger partial charge in [0.05, 0.1) is 23.6 Å². The smallest absolute Gasteiger partial charge is 0.315 e. The Morgan fingerprint density at radius 1 is 1.06 bits per heavy atom. The normalized spacial score (nSPS) is 22.7. The number of nitrogens with two attached hydrogens (primary N) is 1. The molecule has 5 N–H and O–H groups in total. The fourth-order valence-corrected chi connectivity index (χ4v) is 9.34. The molecule has 1 aliphatic heterocycles. The Balaban J connectivity index is 1.34. The third-order valence-electron chi connectivity index (χ3n) is 10.3. The molecule has 5 amide bonds. The van der Waals surface area contributed by atoms with E-state index in [-0.39, 0.29) is 41.0 Å². The SMILES string of the molecule is CC1(C)C2=C(C(=O)NC(CC3CC3)C(=O)C(N)=O)N(C(=O)[C@@H](NC(=O)NC3(CS(=O)(=O)Cc4ccco4)CCCCC3)C(C)(C)C)CC21. The molecule has 5 rings (SSSR count). The van der Waals surface area contributed by atoms with Crippen LogP contribution < -0.4 is 21.7 Å². The molecule has 13 nitrogen and oxygen atoms in total. The molecule has 3 aliphatic carbocycles. The molecule has 0 radical (unpaired) electrons. The van der Waals surface area contributed by atoms with Crippen LogP contribution in [0.1, 0.15) is 91.7 Å². The molecule has 48 heavy (non-hydrogen) atoms. The highest BCUT2D eigenvalue weighted by Crippen LogP contribution is 2.63. The number of primary amides is 1. The first kappa shape index (κ1) is 35.6. The van der Waals surface area contributed by atoms with E-state index in [0.29, 0.717) is 25.0 Å². The van der Waals surface area contributed by atoms with E-state index >= 15 is 0 Å². The van der Waals surface area contributed by atoms with Gasteiger partial charge in [0.15, 0.2) is 9.84 Å². The van der Waals surface area contributed by atoms with Crippen LogP contribution in [0.4, 0.5) is 4.79 Å². The van der Waals surface area contributed by atoms with Crippen molar-refractivity contribution in [2.75, 3.05) is 12.3 Å². The largest absolute Gasteiger partial charge is 0.468 e. The second-order valence-electron chi connectivity index (χ2n) is 15.8. The van der Waals surface area contributed by atoms with Gasteiger partial charge in [-0.1, -0.05) is 66.7 Å². The number of fused-ring (bicyclic) bond motifs is 1. The third kappa shape index (κ3) is 7.79. The zero-order valence-electron chi connectivity index (χ0n) is 28.5. The lowest BCUT2D eigenvalue weighted by atomic mass is 9.83. The van der Waals surface area contributed by atoms with E-state index in [1.807, 2.05) is 13.8 Å². The Kier molecular flexibility index (Phi) is 9.63. The van der Waals surface area contributed by atoms with Gasteiger partial charge in [-0.25, -0.2) is 13.2 Å². The van der Waals surface area contributed by atoms with Crippen molar-refractivity contribution >= 4 is 39.4 Å². The molecule has 2 unspecified atom stereocenters. The van der Waals surface area contributed by atoms with Crippen LogP contribution in [-0.2, 0) is 34.8 Å². The number of ketones is 1. The van der Waals surface area contributed by atoms with Crippen LogP contribution in [0.5, 0.6) is 0 Å². The van der Waals surface area contributed by atoms with Gasteiger partial charge in [-0.05, 0) is 53.7 Å². The van der Waals surface area contributed by atoms with Gasteiger partial charge in [0.2, 0.25) is 11.7 Å². The van der Waals surface area contributed by atoms with E-state index in [4.69, 9.17) is 10.2 Å². The highest BCUT2D eigenvalue weighted by atomic mass is 32.2. The van der Waals surface area contributed by atoms with Gasteiger partial charge in [0.1, 0.15) is 23.3 Å². The molecule has 14 heteroatoms. The number of furan rings is 1. The highest BCUT2D eigenvalue weighted by Gasteiger charge is 2.62. The summed E-state index contributed by atoms with van der Waals surface area (Å²) in [5, 5.41) is 8.48. The predicted octanol–water partition coefficient (Wildman–Crippen LogP) is 2.70. The maximum absolute atomic E-state index is 14.3. The van der Waals surface area contributed by atoms with Gasteiger partial charge >= 0.3 is 6.03 Å².